The highest BCUT2D eigenvalue weighted by atomic mass is 35.5. The molecule has 0 heterocycles. The van der Waals surface area contributed by atoms with Crippen molar-refractivity contribution < 1.29 is 13.2 Å². The molecule has 0 aliphatic carbocycles. The van der Waals surface area contributed by atoms with Crippen molar-refractivity contribution in [1.29, 1.82) is 0 Å². The highest BCUT2D eigenvalue weighted by Gasteiger charge is 2.14. The van der Waals surface area contributed by atoms with Gasteiger partial charge in [0.2, 0.25) is 0 Å². The summed E-state index contributed by atoms with van der Waals surface area (Å²) in [5.41, 5.74) is 2.13. The van der Waals surface area contributed by atoms with Gasteiger partial charge in [0.05, 0.1) is 5.02 Å². The Labute approximate surface area is 147 Å². The summed E-state index contributed by atoms with van der Waals surface area (Å²) in [7, 11) is -2.64. The van der Waals surface area contributed by atoms with Crippen LogP contribution in [0.15, 0.2) is 46.8 Å². The molecule has 0 spiro atoms. The van der Waals surface area contributed by atoms with Crippen LogP contribution in [-0.4, -0.2) is 14.3 Å². The standard InChI is InChI=1S/C17H17ClN2O3S/c1-17(2,3)12-5-7-13(8-6-12)19-16(21)11-4-9-14(18)15(10-11)20-24(22)23/h4-10H,1-3H3,(H,19,21). The Morgan fingerprint density at radius 1 is 1.08 bits per heavy atom. The van der Waals surface area contributed by atoms with E-state index in [0.29, 0.717) is 5.69 Å². The Hall–Kier alpha value is -2.18. The highest BCUT2D eigenvalue weighted by molar-refractivity contribution is 7.61. The van der Waals surface area contributed by atoms with Crippen molar-refractivity contribution in [3.8, 4) is 0 Å². The minimum Gasteiger partial charge on any atom is -0.322 e. The first kappa shape index (κ1) is 18.2. The second-order valence-electron chi connectivity index (χ2n) is 6.26. The maximum atomic E-state index is 12.3. The third kappa shape index (κ3) is 4.66. The smallest absolute Gasteiger partial charge is 0.316 e. The highest BCUT2D eigenvalue weighted by Crippen LogP contribution is 2.27. The monoisotopic (exact) mass is 364 g/mol. The molecule has 2 rings (SSSR count). The number of carbonyl (C=O) groups is 1. The molecule has 0 aliphatic heterocycles. The van der Waals surface area contributed by atoms with Crippen molar-refractivity contribution in [1.82, 2.24) is 0 Å². The molecule has 0 fully saturated rings. The molecule has 7 heteroatoms. The Morgan fingerprint density at radius 3 is 2.25 bits per heavy atom. The van der Waals surface area contributed by atoms with Gasteiger partial charge in [0.25, 0.3) is 5.91 Å². The van der Waals surface area contributed by atoms with E-state index in [2.05, 4.69) is 30.5 Å². The zero-order valence-corrected chi connectivity index (χ0v) is 15.1. The number of nitrogens with one attached hydrogen (secondary N) is 1. The number of hydrogen-bond acceptors (Lipinski definition) is 4. The minimum absolute atomic E-state index is 0.0285. The van der Waals surface area contributed by atoms with Gasteiger partial charge >= 0.3 is 10.5 Å². The van der Waals surface area contributed by atoms with Crippen molar-refractivity contribution in [2.45, 2.75) is 26.2 Å². The number of halogens is 1. The van der Waals surface area contributed by atoms with Crippen molar-refractivity contribution >= 4 is 39.4 Å². The van der Waals surface area contributed by atoms with E-state index in [1.54, 1.807) is 0 Å². The van der Waals surface area contributed by atoms with Crippen LogP contribution in [0, 0.1) is 0 Å². The van der Waals surface area contributed by atoms with E-state index in [-0.39, 0.29) is 27.6 Å². The molecule has 0 radical (unpaired) electrons. The first-order chi connectivity index (χ1) is 11.2. The van der Waals surface area contributed by atoms with Gasteiger partial charge in [-0.15, -0.1) is 4.36 Å². The number of carbonyl (C=O) groups excluding carboxylic acids is 1. The number of nitrogens with zero attached hydrogens (tertiary/aromatic N) is 1. The van der Waals surface area contributed by atoms with Crippen LogP contribution in [0.25, 0.3) is 0 Å². The zero-order valence-electron chi connectivity index (χ0n) is 13.5. The quantitative estimate of drug-likeness (QED) is 0.865. The van der Waals surface area contributed by atoms with Crippen molar-refractivity contribution in [2.75, 3.05) is 5.32 Å². The van der Waals surface area contributed by atoms with E-state index in [1.165, 1.54) is 18.2 Å². The summed E-state index contributed by atoms with van der Waals surface area (Å²) in [6.07, 6.45) is 0. The number of amides is 1. The van der Waals surface area contributed by atoms with E-state index >= 15 is 0 Å². The normalized spacial score (nSPS) is 11.0. The lowest BCUT2D eigenvalue weighted by atomic mass is 9.87. The average molecular weight is 365 g/mol. The van der Waals surface area contributed by atoms with Gasteiger partial charge < -0.3 is 5.32 Å². The average Bonchev–Trinajstić information content (AvgIpc) is 2.48. The predicted molar refractivity (Wildman–Crippen MR) is 95.6 cm³/mol. The van der Waals surface area contributed by atoms with Crippen LogP contribution in [-0.2, 0) is 15.9 Å². The number of hydrogen-bond donors (Lipinski definition) is 1. The lowest BCUT2D eigenvalue weighted by Gasteiger charge is -2.19. The summed E-state index contributed by atoms with van der Waals surface area (Å²) in [5, 5.41) is 2.92. The van der Waals surface area contributed by atoms with Crippen LogP contribution in [0.5, 0.6) is 0 Å². The molecular formula is C17H17ClN2O3S. The van der Waals surface area contributed by atoms with Crippen LogP contribution in [0.2, 0.25) is 5.02 Å². The molecule has 2 aromatic rings. The van der Waals surface area contributed by atoms with E-state index in [0.717, 1.165) is 5.56 Å². The largest absolute Gasteiger partial charge is 0.322 e. The molecule has 0 bridgehead atoms. The number of benzene rings is 2. The summed E-state index contributed by atoms with van der Waals surface area (Å²) in [6, 6.07) is 11.8. The predicted octanol–water partition coefficient (Wildman–Crippen LogP) is 4.58. The zero-order chi connectivity index (χ0) is 17.9. The molecule has 126 valence electrons. The van der Waals surface area contributed by atoms with Gasteiger partial charge in [-0.25, -0.2) is 0 Å². The van der Waals surface area contributed by atoms with Crippen LogP contribution in [0.4, 0.5) is 11.4 Å². The maximum absolute atomic E-state index is 12.3. The second kappa shape index (κ2) is 7.15. The van der Waals surface area contributed by atoms with E-state index in [1.807, 2.05) is 24.3 Å². The molecule has 0 aliphatic rings. The third-order valence-corrected chi connectivity index (χ3v) is 4.06. The van der Waals surface area contributed by atoms with E-state index < -0.39 is 10.5 Å². The molecule has 1 amide bonds. The molecule has 0 aromatic heterocycles. The molecule has 0 saturated carbocycles. The van der Waals surface area contributed by atoms with Gasteiger partial charge in [-0.05, 0) is 41.3 Å². The number of anilines is 1. The fourth-order valence-electron chi connectivity index (χ4n) is 2.06. The summed E-state index contributed by atoms with van der Waals surface area (Å²) >= 11 is 5.87. The summed E-state index contributed by atoms with van der Waals surface area (Å²) in [6.45, 7) is 6.33. The minimum atomic E-state index is -2.64. The van der Waals surface area contributed by atoms with Crippen LogP contribution in [0.1, 0.15) is 36.7 Å². The van der Waals surface area contributed by atoms with Gasteiger partial charge in [0.15, 0.2) is 0 Å². The molecule has 0 atom stereocenters. The van der Waals surface area contributed by atoms with Crippen molar-refractivity contribution in [3.05, 3.63) is 58.6 Å². The molecule has 0 saturated heterocycles. The fourth-order valence-corrected chi connectivity index (χ4v) is 2.58. The molecule has 2 aromatic carbocycles. The summed E-state index contributed by atoms with van der Waals surface area (Å²) in [4.78, 5) is 12.3. The molecule has 1 N–H and O–H groups in total. The van der Waals surface area contributed by atoms with E-state index in [4.69, 9.17) is 11.6 Å². The molecule has 0 unspecified atom stereocenters. The van der Waals surface area contributed by atoms with Gasteiger partial charge in [-0.2, -0.15) is 8.42 Å². The Balaban J connectivity index is 2.22. The van der Waals surface area contributed by atoms with Gasteiger partial charge in [0, 0.05) is 11.3 Å². The topological polar surface area (TPSA) is 75.6 Å². The first-order valence-electron chi connectivity index (χ1n) is 7.19. The Kier molecular flexibility index (Phi) is 5.41. The van der Waals surface area contributed by atoms with Gasteiger partial charge in [0.1, 0.15) is 5.69 Å². The molecular weight excluding hydrogens is 348 g/mol. The molecule has 5 nitrogen and oxygen atoms in total. The first-order valence-corrected chi connectivity index (χ1v) is 8.60. The summed E-state index contributed by atoms with van der Waals surface area (Å²) in [5.74, 6) is -0.372. The SMILES string of the molecule is CC(C)(C)c1ccc(NC(=O)c2ccc(Cl)c(N=S(=O)=O)c2)cc1. The van der Waals surface area contributed by atoms with E-state index in [9.17, 15) is 13.2 Å². The Morgan fingerprint density at radius 2 is 1.71 bits per heavy atom. The van der Waals surface area contributed by atoms with Crippen LogP contribution in [0.3, 0.4) is 0 Å². The van der Waals surface area contributed by atoms with Gasteiger partial charge in [-0.3, -0.25) is 4.79 Å². The van der Waals surface area contributed by atoms with Crippen LogP contribution < -0.4 is 5.32 Å². The lowest BCUT2D eigenvalue weighted by Crippen LogP contribution is -2.13. The van der Waals surface area contributed by atoms with Crippen LogP contribution >= 0.6 is 11.6 Å². The third-order valence-electron chi connectivity index (χ3n) is 3.39. The molecule has 24 heavy (non-hydrogen) atoms. The Bertz CT molecular complexity index is 890. The lowest BCUT2D eigenvalue weighted by molar-refractivity contribution is 0.102. The maximum Gasteiger partial charge on any atom is 0.316 e. The van der Waals surface area contributed by atoms with Crippen molar-refractivity contribution in [2.24, 2.45) is 4.36 Å². The van der Waals surface area contributed by atoms with Gasteiger partial charge in [-0.1, -0.05) is 44.5 Å². The van der Waals surface area contributed by atoms with Crippen molar-refractivity contribution in [3.63, 3.8) is 0 Å². The summed E-state index contributed by atoms with van der Waals surface area (Å²) < 4.78 is 24.7. The second-order valence-corrected chi connectivity index (χ2v) is 7.28. The number of rotatable bonds is 3. The fraction of sp³-hybridized carbons (Fsp3) is 0.235.